The van der Waals surface area contributed by atoms with Gasteiger partial charge in [0.2, 0.25) is 5.91 Å². The Morgan fingerprint density at radius 2 is 1.93 bits per heavy atom. The summed E-state index contributed by atoms with van der Waals surface area (Å²) in [5.74, 6) is 0.840. The standard InChI is InChI=1S/C21H25N5O2S2/c1-4-15(16-6-5-11-29-16)24-19-17-13(2)18(30-20(17)23-12-22-19)21(28)26-9-7-25(8-10-26)14(3)27/h5-6,11-12,15H,4,7-10H2,1-3H3,(H,22,23,24). The summed E-state index contributed by atoms with van der Waals surface area (Å²) in [6, 6.07) is 4.35. The lowest BCUT2D eigenvalue weighted by atomic mass is 10.1. The summed E-state index contributed by atoms with van der Waals surface area (Å²) in [5.41, 5.74) is 0.915. The van der Waals surface area contributed by atoms with Crippen molar-refractivity contribution in [1.29, 1.82) is 0 Å². The summed E-state index contributed by atoms with van der Waals surface area (Å²) in [4.78, 5) is 40.1. The van der Waals surface area contributed by atoms with E-state index in [4.69, 9.17) is 0 Å². The van der Waals surface area contributed by atoms with Crippen molar-refractivity contribution in [3.05, 3.63) is 39.2 Å². The second-order valence-corrected chi connectivity index (χ2v) is 9.36. The highest BCUT2D eigenvalue weighted by Crippen LogP contribution is 2.36. The van der Waals surface area contributed by atoms with Gasteiger partial charge in [0, 0.05) is 38.0 Å². The first-order valence-corrected chi connectivity index (χ1v) is 11.8. The molecule has 0 spiro atoms. The topological polar surface area (TPSA) is 78.4 Å². The molecule has 4 rings (SSSR count). The first kappa shape index (κ1) is 20.7. The number of piperazine rings is 1. The molecule has 30 heavy (non-hydrogen) atoms. The molecule has 0 radical (unpaired) electrons. The van der Waals surface area contributed by atoms with E-state index in [1.165, 1.54) is 16.2 Å². The predicted octanol–water partition coefficient (Wildman–Crippen LogP) is 3.93. The fourth-order valence-electron chi connectivity index (χ4n) is 3.78. The van der Waals surface area contributed by atoms with Crippen molar-refractivity contribution >= 4 is 50.5 Å². The summed E-state index contributed by atoms with van der Waals surface area (Å²) >= 11 is 3.14. The minimum Gasteiger partial charge on any atom is -0.362 e. The highest BCUT2D eigenvalue weighted by Gasteiger charge is 2.27. The molecule has 0 saturated carbocycles. The van der Waals surface area contributed by atoms with Gasteiger partial charge in [0.1, 0.15) is 17.0 Å². The van der Waals surface area contributed by atoms with Crippen LogP contribution in [0.3, 0.4) is 0 Å². The Balaban J connectivity index is 1.61. The molecule has 1 fully saturated rings. The van der Waals surface area contributed by atoms with Crippen LogP contribution in [-0.2, 0) is 4.79 Å². The number of hydrogen-bond acceptors (Lipinski definition) is 7. The van der Waals surface area contributed by atoms with Crippen LogP contribution in [0.15, 0.2) is 23.8 Å². The average Bonchev–Trinajstić information content (AvgIpc) is 3.40. The molecule has 0 aliphatic carbocycles. The molecule has 1 unspecified atom stereocenters. The lowest BCUT2D eigenvalue weighted by Gasteiger charge is -2.34. The first-order chi connectivity index (χ1) is 14.5. The van der Waals surface area contributed by atoms with Crippen LogP contribution in [0.5, 0.6) is 0 Å². The van der Waals surface area contributed by atoms with Crippen LogP contribution in [0.4, 0.5) is 5.82 Å². The quantitative estimate of drug-likeness (QED) is 0.646. The Hall–Kier alpha value is -2.52. The molecule has 1 aliphatic rings. The van der Waals surface area contributed by atoms with Crippen LogP contribution < -0.4 is 5.32 Å². The van der Waals surface area contributed by atoms with Gasteiger partial charge in [-0.15, -0.1) is 22.7 Å². The number of aryl methyl sites for hydroxylation is 1. The van der Waals surface area contributed by atoms with Gasteiger partial charge in [-0.1, -0.05) is 13.0 Å². The van der Waals surface area contributed by atoms with Gasteiger partial charge >= 0.3 is 0 Å². The van der Waals surface area contributed by atoms with E-state index in [1.807, 2.05) is 11.8 Å². The maximum atomic E-state index is 13.2. The van der Waals surface area contributed by atoms with Crippen LogP contribution >= 0.6 is 22.7 Å². The van der Waals surface area contributed by atoms with Crippen molar-refractivity contribution in [3.8, 4) is 0 Å². The molecule has 7 nitrogen and oxygen atoms in total. The second kappa shape index (κ2) is 8.69. The molecule has 1 atom stereocenters. The Morgan fingerprint density at radius 1 is 1.20 bits per heavy atom. The molecule has 4 heterocycles. The molecule has 0 bridgehead atoms. The SMILES string of the molecule is CCC(Nc1ncnc2sc(C(=O)N3CCN(C(C)=O)CC3)c(C)c12)c1cccs1. The number of carbonyl (C=O) groups excluding carboxylic acids is 2. The van der Waals surface area contributed by atoms with E-state index in [2.05, 4.69) is 39.7 Å². The molecule has 2 amide bonds. The maximum absolute atomic E-state index is 13.2. The number of aromatic nitrogens is 2. The third kappa shape index (κ3) is 3.91. The number of hydrogen-bond donors (Lipinski definition) is 1. The predicted molar refractivity (Wildman–Crippen MR) is 121 cm³/mol. The number of nitrogens with one attached hydrogen (secondary N) is 1. The van der Waals surface area contributed by atoms with Crippen LogP contribution in [0, 0.1) is 6.92 Å². The van der Waals surface area contributed by atoms with Crippen molar-refractivity contribution < 1.29 is 9.59 Å². The zero-order chi connectivity index (χ0) is 21.3. The molecule has 9 heteroatoms. The van der Waals surface area contributed by atoms with Gasteiger partial charge in [-0.25, -0.2) is 9.97 Å². The summed E-state index contributed by atoms with van der Waals surface area (Å²) < 4.78 is 0. The van der Waals surface area contributed by atoms with Crippen molar-refractivity contribution in [2.45, 2.75) is 33.2 Å². The van der Waals surface area contributed by atoms with E-state index in [-0.39, 0.29) is 17.9 Å². The smallest absolute Gasteiger partial charge is 0.264 e. The van der Waals surface area contributed by atoms with Gasteiger partial charge in [0.15, 0.2) is 0 Å². The largest absolute Gasteiger partial charge is 0.362 e. The average molecular weight is 444 g/mol. The number of rotatable bonds is 5. The normalized spacial score (nSPS) is 15.4. The lowest BCUT2D eigenvalue weighted by Crippen LogP contribution is -2.50. The summed E-state index contributed by atoms with van der Waals surface area (Å²) in [5, 5.41) is 6.56. The summed E-state index contributed by atoms with van der Waals surface area (Å²) in [7, 11) is 0. The monoisotopic (exact) mass is 443 g/mol. The maximum Gasteiger partial charge on any atom is 0.264 e. The Bertz CT molecular complexity index is 1050. The zero-order valence-corrected chi connectivity index (χ0v) is 19.0. The molecule has 1 N–H and O–H groups in total. The minimum atomic E-state index is 0.00921. The highest BCUT2D eigenvalue weighted by molar-refractivity contribution is 7.20. The van der Waals surface area contributed by atoms with Crippen LogP contribution in [0.2, 0.25) is 0 Å². The molecule has 3 aromatic heterocycles. The van der Waals surface area contributed by atoms with E-state index in [9.17, 15) is 9.59 Å². The lowest BCUT2D eigenvalue weighted by molar-refractivity contribution is -0.130. The minimum absolute atomic E-state index is 0.00921. The zero-order valence-electron chi connectivity index (χ0n) is 17.3. The van der Waals surface area contributed by atoms with E-state index in [1.54, 1.807) is 29.5 Å². The fourth-order valence-corrected chi connectivity index (χ4v) is 5.76. The van der Waals surface area contributed by atoms with Crippen molar-refractivity contribution in [3.63, 3.8) is 0 Å². The number of anilines is 1. The number of thiophene rings is 2. The molecule has 158 valence electrons. The van der Waals surface area contributed by atoms with Crippen molar-refractivity contribution in [1.82, 2.24) is 19.8 Å². The molecule has 1 saturated heterocycles. The Labute approximate surface area is 183 Å². The van der Waals surface area contributed by atoms with Crippen LogP contribution in [0.25, 0.3) is 10.2 Å². The van der Waals surface area contributed by atoms with Gasteiger partial charge < -0.3 is 15.1 Å². The third-order valence-electron chi connectivity index (χ3n) is 5.54. The van der Waals surface area contributed by atoms with Gasteiger partial charge in [-0.2, -0.15) is 0 Å². The third-order valence-corrected chi connectivity index (χ3v) is 7.71. The second-order valence-electron chi connectivity index (χ2n) is 7.38. The molecule has 0 aromatic carbocycles. The highest BCUT2D eigenvalue weighted by atomic mass is 32.1. The number of fused-ring (bicyclic) bond motifs is 1. The van der Waals surface area contributed by atoms with E-state index in [0.29, 0.717) is 31.1 Å². The number of carbonyl (C=O) groups is 2. The van der Waals surface area contributed by atoms with Gasteiger partial charge in [-0.3, -0.25) is 9.59 Å². The summed E-state index contributed by atoms with van der Waals surface area (Å²) in [6.07, 6.45) is 2.49. The van der Waals surface area contributed by atoms with Gasteiger partial charge in [0.25, 0.3) is 5.91 Å². The first-order valence-electron chi connectivity index (χ1n) is 10.1. The number of amides is 2. The van der Waals surface area contributed by atoms with Crippen molar-refractivity contribution in [2.24, 2.45) is 0 Å². The van der Waals surface area contributed by atoms with Gasteiger partial charge in [-0.05, 0) is 30.4 Å². The molecular weight excluding hydrogens is 418 g/mol. The van der Waals surface area contributed by atoms with E-state index >= 15 is 0 Å². The van der Waals surface area contributed by atoms with Crippen LogP contribution in [0.1, 0.15) is 46.4 Å². The van der Waals surface area contributed by atoms with Crippen LogP contribution in [-0.4, -0.2) is 57.8 Å². The molecule has 3 aromatic rings. The Kier molecular flexibility index (Phi) is 6.01. The number of nitrogens with zero attached hydrogens (tertiary/aromatic N) is 4. The molecular formula is C21H25N5O2S2. The van der Waals surface area contributed by atoms with E-state index < -0.39 is 0 Å². The van der Waals surface area contributed by atoms with Gasteiger partial charge in [0.05, 0.1) is 16.3 Å². The van der Waals surface area contributed by atoms with E-state index in [0.717, 1.165) is 28.0 Å². The fraction of sp³-hybridized carbons (Fsp3) is 0.429. The Morgan fingerprint density at radius 3 is 2.57 bits per heavy atom. The van der Waals surface area contributed by atoms with Crippen molar-refractivity contribution in [2.75, 3.05) is 31.5 Å². The molecule has 1 aliphatic heterocycles. The summed E-state index contributed by atoms with van der Waals surface area (Å²) in [6.45, 7) is 7.95.